The number of fused-ring (bicyclic) bond motifs is 1. The zero-order valence-electron chi connectivity index (χ0n) is 15.0. The van der Waals surface area contributed by atoms with E-state index < -0.39 is 0 Å². The van der Waals surface area contributed by atoms with Gasteiger partial charge in [0.2, 0.25) is 0 Å². The van der Waals surface area contributed by atoms with Gasteiger partial charge in [-0.3, -0.25) is 9.20 Å². The van der Waals surface area contributed by atoms with Crippen LogP contribution in [0.15, 0.2) is 53.5 Å². The Morgan fingerprint density at radius 3 is 2.55 bits per heavy atom. The lowest BCUT2D eigenvalue weighted by Crippen LogP contribution is -2.22. The Kier molecular flexibility index (Phi) is 6.09. The van der Waals surface area contributed by atoms with E-state index in [0.717, 1.165) is 11.3 Å². The highest BCUT2D eigenvalue weighted by molar-refractivity contribution is 7.15. The summed E-state index contributed by atoms with van der Waals surface area (Å²) in [5, 5.41) is 9.98. The van der Waals surface area contributed by atoms with Crippen LogP contribution in [0.5, 0.6) is 11.5 Å². The average molecular weight is 429 g/mol. The average Bonchev–Trinajstić information content (AvgIpc) is 3.25. The van der Waals surface area contributed by atoms with Gasteiger partial charge in [-0.05, 0) is 23.8 Å². The van der Waals surface area contributed by atoms with E-state index in [2.05, 4.69) is 4.98 Å². The quantitative estimate of drug-likeness (QED) is 0.538. The van der Waals surface area contributed by atoms with E-state index in [1.165, 1.54) is 22.8 Å². The molecule has 4 rings (SSSR count). The molecule has 0 spiro atoms. The molecule has 0 aliphatic carbocycles. The van der Waals surface area contributed by atoms with Gasteiger partial charge < -0.3 is 9.84 Å². The van der Waals surface area contributed by atoms with Gasteiger partial charge in [-0.1, -0.05) is 53.3 Å². The molecule has 7 nitrogen and oxygen atoms in total. The third-order valence-electron chi connectivity index (χ3n) is 3.94. The van der Waals surface area contributed by atoms with E-state index in [0.29, 0.717) is 15.1 Å². The lowest BCUT2D eigenvalue weighted by atomic mass is 10.2. The zero-order chi connectivity index (χ0) is 21.0. The number of aromatic nitrogens is 2. The maximum absolute atomic E-state index is 12.7. The number of imidazole rings is 1. The van der Waals surface area contributed by atoms with Gasteiger partial charge in [0.15, 0.2) is 16.5 Å². The number of benzene rings is 2. The lowest BCUT2D eigenvalue weighted by molar-refractivity contribution is -0.191. The van der Waals surface area contributed by atoms with Crippen LogP contribution in [-0.2, 0) is 9.59 Å². The van der Waals surface area contributed by atoms with E-state index in [1.54, 1.807) is 24.4 Å². The second-order valence-corrected chi connectivity index (χ2v) is 7.11. The van der Waals surface area contributed by atoms with Crippen LogP contribution in [0.1, 0.15) is 5.56 Å². The van der Waals surface area contributed by atoms with Crippen LogP contribution in [0.2, 0.25) is 5.02 Å². The Labute approximate surface area is 173 Å². The SMILES string of the molecule is COc1cc(/C=c2\sc3nc(-c4ccccc4)cn3c2=O)cc(Cl)c1O.O=C=O. The molecule has 29 heavy (non-hydrogen) atoms. The van der Waals surface area contributed by atoms with Crippen molar-refractivity contribution in [1.82, 2.24) is 9.38 Å². The van der Waals surface area contributed by atoms with Crippen molar-refractivity contribution in [2.75, 3.05) is 7.11 Å². The van der Waals surface area contributed by atoms with Gasteiger partial charge in [0, 0.05) is 11.8 Å². The van der Waals surface area contributed by atoms with Gasteiger partial charge in [-0.2, -0.15) is 9.59 Å². The Balaban J connectivity index is 0.000000755. The largest absolute Gasteiger partial charge is 0.503 e. The molecular formula is C20H13ClN2O5S. The zero-order valence-corrected chi connectivity index (χ0v) is 16.5. The number of ether oxygens (including phenoxy) is 1. The standard InChI is InChI=1S/C19H13ClN2O3S.CO2/c1-25-15-8-11(7-13(20)17(15)23)9-16-18(24)22-10-14(21-19(22)26-16)12-5-3-2-4-6-12;2-1-3/h2-10,23H,1H3;/b16-9-;. The van der Waals surface area contributed by atoms with Crippen molar-refractivity contribution in [2.45, 2.75) is 0 Å². The number of rotatable bonds is 3. The summed E-state index contributed by atoms with van der Waals surface area (Å²) in [6.07, 6.45) is 3.70. The molecule has 0 saturated carbocycles. The van der Waals surface area contributed by atoms with Crippen molar-refractivity contribution in [3.05, 3.63) is 74.1 Å². The molecule has 0 amide bonds. The maximum Gasteiger partial charge on any atom is 0.373 e. The molecule has 0 saturated heterocycles. The molecule has 2 heterocycles. The molecule has 0 aliphatic rings. The highest BCUT2D eigenvalue weighted by atomic mass is 35.5. The fourth-order valence-electron chi connectivity index (χ4n) is 2.66. The predicted octanol–water partition coefficient (Wildman–Crippen LogP) is 2.75. The van der Waals surface area contributed by atoms with E-state index in [1.807, 2.05) is 30.3 Å². The van der Waals surface area contributed by atoms with Crippen molar-refractivity contribution >= 4 is 40.1 Å². The van der Waals surface area contributed by atoms with Crippen molar-refractivity contribution < 1.29 is 19.4 Å². The topological polar surface area (TPSA) is 98.0 Å². The van der Waals surface area contributed by atoms with E-state index >= 15 is 0 Å². The molecular weight excluding hydrogens is 416 g/mol. The molecule has 146 valence electrons. The number of halogens is 1. The summed E-state index contributed by atoms with van der Waals surface area (Å²) < 4.78 is 7.16. The van der Waals surface area contributed by atoms with Gasteiger partial charge in [0.05, 0.1) is 22.4 Å². The first-order chi connectivity index (χ1) is 14.0. The van der Waals surface area contributed by atoms with Gasteiger partial charge >= 0.3 is 6.15 Å². The van der Waals surface area contributed by atoms with E-state index in [-0.39, 0.29) is 28.2 Å². The van der Waals surface area contributed by atoms with Gasteiger partial charge in [0.1, 0.15) is 0 Å². The third-order valence-corrected chi connectivity index (χ3v) is 5.21. The van der Waals surface area contributed by atoms with Crippen LogP contribution in [-0.4, -0.2) is 27.8 Å². The number of aromatic hydroxyl groups is 1. The van der Waals surface area contributed by atoms with Crippen LogP contribution in [0.3, 0.4) is 0 Å². The Bertz CT molecular complexity index is 1310. The fraction of sp³-hybridized carbons (Fsp3) is 0.0500. The van der Waals surface area contributed by atoms with Crippen molar-refractivity contribution in [1.29, 1.82) is 0 Å². The minimum atomic E-state index is -0.150. The van der Waals surface area contributed by atoms with Gasteiger partial charge in [-0.25, -0.2) is 4.98 Å². The van der Waals surface area contributed by atoms with Crippen molar-refractivity contribution in [2.24, 2.45) is 0 Å². The Hall–Kier alpha value is -3.45. The minimum absolute atomic E-state index is 0.123. The molecule has 0 aliphatic heterocycles. The summed E-state index contributed by atoms with van der Waals surface area (Å²) in [5.74, 6) is 0.131. The molecule has 1 N–H and O–H groups in total. The van der Waals surface area contributed by atoms with Crippen LogP contribution in [0.25, 0.3) is 22.3 Å². The summed E-state index contributed by atoms with van der Waals surface area (Å²) in [6.45, 7) is 0. The van der Waals surface area contributed by atoms with Gasteiger partial charge in [-0.15, -0.1) is 0 Å². The number of hydrogen-bond donors (Lipinski definition) is 1. The first kappa shape index (κ1) is 20.3. The van der Waals surface area contributed by atoms with E-state index in [9.17, 15) is 9.90 Å². The minimum Gasteiger partial charge on any atom is -0.503 e. The summed E-state index contributed by atoms with van der Waals surface area (Å²) in [6, 6.07) is 12.9. The summed E-state index contributed by atoms with van der Waals surface area (Å²) in [5.41, 5.74) is 2.23. The lowest BCUT2D eigenvalue weighted by Gasteiger charge is -2.05. The smallest absolute Gasteiger partial charge is 0.373 e. The molecule has 2 aromatic carbocycles. The van der Waals surface area contributed by atoms with Gasteiger partial charge in [0.25, 0.3) is 5.56 Å². The predicted molar refractivity (Wildman–Crippen MR) is 108 cm³/mol. The van der Waals surface area contributed by atoms with Crippen LogP contribution in [0.4, 0.5) is 0 Å². The molecule has 4 aromatic rings. The number of nitrogens with zero attached hydrogens (tertiary/aromatic N) is 2. The van der Waals surface area contributed by atoms with Crippen LogP contribution in [0, 0.1) is 0 Å². The fourth-order valence-corrected chi connectivity index (χ4v) is 3.84. The highest BCUT2D eigenvalue weighted by Crippen LogP contribution is 2.35. The summed E-state index contributed by atoms with van der Waals surface area (Å²) in [4.78, 5) is 34.1. The maximum atomic E-state index is 12.7. The molecule has 0 bridgehead atoms. The second kappa shape index (κ2) is 8.70. The first-order valence-electron chi connectivity index (χ1n) is 8.13. The number of phenolic OH excluding ortho intramolecular Hbond substituents is 1. The number of methoxy groups -OCH3 is 1. The molecule has 0 fully saturated rings. The Morgan fingerprint density at radius 2 is 1.93 bits per heavy atom. The second-order valence-electron chi connectivity index (χ2n) is 5.70. The molecule has 2 aromatic heterocycles. The molecule has 9 heteroatoms. The normalized spacial score (nSPS) is 11.0. The van der Waals surface area contributed by atoms with Crippen LogP contribution >= 0.6 is 22.9 Å². The number of carbonyl (C=O) groups excluding carboxylic acids is 2. The Morgan fingerprint density at radius 1 is 1.24 bits per heavy atom. The molecule has 0 radical (unpaired) electrons. The summed E-state index contributed by atoms with van der Waals surface area (Å²) in [7, 11) is 1.44. The number of hydrogen-bond acceptors (Lipinski definition) is 7. The highest BCUT2D eigenvalue weighted by Gasteiger charge is 2.11. The van der Waals surface area contributed by atoms with E-state index in [4.69, 9.17) is 25.9 Å². The van der Waals surface area contributed by atoms with Crippen molar-refractivity contribution in [3.63, 3.8) is 0 Å². The monoisotopic (exact) mass is 428 g/mol. The third kappa shape index (κ3) is 4.20. The van der Waals surface area contributed by atoms with Crippen molar-refractivity contribution in [3.8, 4) is 22.8 Å². The van der Waals surface area contributed by atoms with Crippen LogP contribution < -0.4 is 14.8 Å². The molecule has 0 atom stereocenters. The summed E-state index contributed by atoms with van der Waals surface area (Å²) >= 11 is 7.30. The molecule has 0 unspecified atom stereocenters. The first-order valence-corrected chi connectivity index (χ1v) is 9.32. The number of phenols is 1. The number of thiazole rings is 1.